The van der Waals surface area contributed by atoms with E-state index < -0.39 is 0 Å². The molecule has 1 unspecified atom stereocenters. The molecule has 1 aliphatic rings. The highest BCUT2D eigenvalue weighted by Crippen LogP contribution is 2.16. The van der Waals surface area contributed by atoms with Crippen molar-refractivity contribution in [1.82, 2.24) is 4.57 Å². The molecule has 4 heteroatoms. The largest absolute Gasteiger partial charge is 0.394 e. The van der Waals surface area contributed by atoms with Gasteiger partial charge in [0.25, 0.3) is 0 Å². The molecule has 1 saturated heterocycles. The van der Waals surface area contributed by atoms with Crippen molar-refractivity contribution >= 4 is 5.69 Å². The van der Waals surface area contributed by atoms with Gasteiger partial charge in [-0.05, 0) is 18.8 Å². The van der Waals surface area contributed by atoms with Crippen LogP contribution in [0.3, 0.4) is 0 Å². The molecule has 4 nitrogen and oxygen atoms in total. The van der Waals surface area contributed by atoms with Crippen molar-refractivity contribution in [1.29, 1.82) is 0 Å². The van der Waals surface area contributed by atoms with E-state index in [-0.39, 0.29) is 5.43 Å². The first-order valence-corrected chi connectivity index (χ1v) is 5.29. The molecule has 0 aliphatic carbocycles. The smallest absolute Gasteiger partial charge is 0.204 e. The van der Waals surface area contributed by atoms with Crippen LogP contribution in [0.4, 0.5) is 5.69 Å². The fraction of sp³-hybridized carbons (Fsp3) is 0.545. The number of nitrogens with two attached hydrogens (primary N) is 1. The van der Waals surface area contributed by atoms with Gasteiger partial charge in [-0.2, -0.15) is 0 Å². The number of nitrogens with zero attached hydrogens (tertiary/aromatic N) is 1. The van der Waals surface area contributed by atoms with Gasteiger partial charge in [0, 0.05) is 38.2 Å². The minimum Gasteiger partial charge on any atom is -0.394 e. The first-order chi connectivity index (χ1) is 7.25. The highest BCUT2D eigenvalue weighted by Gasteiger charge is 2.14. The van der Waals surface area contributed by atoms with Crippen LogP contribution in [0.5, 0.6) is 0 Å². The Balaban J connectivity index is 1.92. The Morgan fingerprint density at radius 3 is 3.13 bits per heavy atom. The van der Waals surface area contributed by atoms with Crippen molar-refractivity contribution in [2.75, 3.05) is 18.9 Å². The second-order valence-corrected chi connectivity index (χ2v) is 4.02. The van der Waals surface area contributed by atoms with E-state index in [4.69, 9.17) is 10.5 Å². The Hall–Kier alpha value is -1.29. The highest BCUT2D eigenvalue weighted by molar-refractivity contribution is 5.33. The fourth-order valence-electron chi connectivity index (χ4n) is 1.83. The predicted molar refractivity (Wildman–Crippen MR) is 58.7 cm³/mol. The molecule has 1 aromatic heterocycles. The lowest BCUT2D eigenvalue weighted by Crippen LogP contribution is -2.12. The van der Waals surface area contributed by atoms with Gasteiger partial charge in [-0.3, -0.25) is 4.79 Å². The molecule has 0 spiro atoms. The normalized spacial score (nSPS) is 20.7. The average Bonchev–Trinajstić information content (AvgIpc) is 2.73. The van der Waals surface area contributed by atoms with Crippen molar-refractivity contribution in [2.24, 2.45) is 5.92 Å². The van der Waals surface area contributed by atoms with E-state index >= 15 is 0 Å². The minimum absolute atomic E-state index is 0.101. The first kappa shape index (κ1) is 10.2. The van der Waals surface area contributed by atoms with Gasteiger partial charge in [-0.15, -0.1) is 0 Å². The number of aryl methyl sites for hydroxylation is 1. The van der Waals surface area contributed by atoms with Gasteiger partial charge < -0.3 is 15.0 Å². The van der Waals surface area contributed by atoms with Crippen LogP contribution in [0, 0.1) is 5.92 Å². The number of pyridine rings is 1. The third-order valence-electron chi connectivity index (χ3n) is 2.83. The van der Waals surface area contributed by atoms with Crippen LogP contribution in [0.15, 0.2) is 23.3 Å². The zero-order valence-electron chi connectivity index (χ0n) is 8.69. The molecule has 0 amide bonds. The third kappa shape index (κ3) is 2.59. The molecular weight excluding hydrogens is 192 g/mol. The van der Waals surface area contributed by atoms with Crippen LogP contribution < -0.4 is 11.2 Å². The maximum atomic E-state index is 11.1. The lowest BCUT2D eigenvalue weighted by Gasteiger charge is -2.10. The predicted octanol–water partition coefficient (Wildman–Crippen LogP) is 0.857. The fourth-order valence-corrected chi connectivity index (χ4v) is 1.83. The van der Waals surface area contributed by atoms with Gasteiger partial charge in [-0.25, -0.2) is 0 Å². The summed E-state index contributed by atoms with van der Waals surface area (Å²) in [5, 5.41) is 0. The van der Waals surface area contributed by atoms with E-state index in [1.54, 1.807) is 12.4 Å². The molecule has 0 saturated carbocycles. The number of hydrogen-bond acceptors (Lipinski definition) is 3. The Labute approximate surface area is 88.7 Å². The molecule has 15 heavy (non-hydrogen) atoms. The molecule has 1 aliphatic heterocycles. The molecule has 0 aromatic carbocycles. The number of hydrogen-bond donors (Lipinski definition) is 1. The molecule has 2 N–H and O–H groups in total. The Morgan fingerprint density at radius 2 is 2.47 bits per heavy atom. The summed E-state index contributed by atoms with van der Waals surface area (Å²) in [6, 6.07) is 1.51. The third-order valence-corrected chi connectivity index (χ3v) is 2.83. The van der Waals surface area contributed by atoms with Crippen LogP contribution >= 0.6 is 0 Å². The number of anilines is 1. The zero-order valence-corrected chi connectivity index (χ0v) is 8.69. The van der Waals surface area contributed by atoms with Crippen LogP contribution in [0.1, 0.15) is 12.8 Å². The summed E-state index contributed by atoms with van der Waals surface area (Å²) < 4.78 is 7.27. The minimum atomic E-state index is -0.101. The van der Waals surface area contributed by atoms with Gasteiger partial charge in [0.2, 0.25) is 5.43 Å². The van der Waals surface area contributed by atoms with Crippen LogP contribution in [-0.2, 0) is 11.3 Å². The zero-order chi connectivity index (χ0) is 10.7. The summed E-state index contributed by atoms with van der Waals surface area (Å²) in [6.07, 6.45) is 5.73. The Bertz CT molecular complexity index is 380. The number of ether oxygens (including phenoxy) is 1. The summed E-state index contributed by atoms with van der Waals surface area (Å²) in [4.78, 5) is 11.1. The maximum absolute atomic E-state index is 11.1. The van der Waals surface area contributed by atoms with Crippen LogP contribution in [0.2, 0.25) is 0 Å². The molecule has 2 rings (SSSR count). The lowest BCUT2D eigenvalue weighted by molar-refractivity contribution is 0.183. The monoisotopic (exact) mass is 208 g/mol. The van der Waals surface area contributed by atoms with E-state index in [1.807, 2.05) is 4.57 Å². The quantitative estimate of drug-likeness (QED) is 0.801. The molecule has 0 bridgehead atoms. The van der Waals surface area contributed by atoms with Gasteiger partial charge in [-0.1, -0.05) is 0 Å². The van der Waals surface area contributed by atoms with E-state index in [1.165, 1.54) is 6.07 Å². The van der Waals surface area contributed by atoms with Gasteiger partial charge in [0.15, 0.2) is 0 Å². The lowest BCUT2D eigenvalue weighted by atomic mass is 10.1. The van der Waals surface area contributed by atoms with Crippen molar-refractivity contribution in [3.8, 4) is 0 Å². The molecule has 1 fully saturated rings. The first-order valence-electron chi connectivity index (χ1n) is 5.29. The molecule has 0 radical (unpaired) electrons. The second-order valence-electron chi connectivity index (χ2n) is 4.02. The number of nitrogen functional groups attached to an aromatic ring is 1. The standard InChI is InChI=1S/C11H16N2O2/c12-10-7-13(5-2-11(10)14)4-1-9-3-6-15-8-9/h2,5,7,9H,1,3-4,6,8,12H2. The van der Waals surface area contributed by atoms with Crippen molar-refractivity contribution in [3.05, 3.63) is 28.7 Å². The second kappa shape index (κ2) is 4.49. The molecule has 2 heterocycles. The van der Waals surface area contributed by atoms with E-state index in [0.717, 1.165) is 32.6 Å². The highest BCUT2D eigenvalue weighted by atomic mass is 16.5. The summed E-state index contributed by atoms with van der Waals surface area (Å²) in [5.74, 6) is 0.658. The Kier molecular flexibility index (Phi) is 3.06. The summed E-state index contributed by atoms with van der Waals surface area (Å²) >= 11 is 0. The number of aromatic nitrogens is 1. The van der Waals surface area contributed by atoms with Crippen LogP contribution in [0.25, 0.3) is 0 Å². The van der Waals surface area contributed by atoms with E-state index in [0.29, 0.717) is 11.6 Å². The number of rotatable bonds is 3. The van der Waals surface area contributed by atoms with Crippen molar-refractivity contribution in [2.45, 2.75) is 19.4 Å². The average molecular weight is 208 g/mol. The Morgan fingerprint density at radius 1 is 1.60 bits per heavy atom. The van der Waals surface area contributed by atoms with Gasteiger partial charge in [0.05, 0.1) is 5.69 Å². The van der Waals surface area contributed by atoms with E-state index in [9.17, 15) is 4.79 Å². The maximum Gasteiger partial charge on any atom is 0.204 e. The summed E-state index contributed by atoms with van der Waals surface area (Å²) in [6.45, 7) is 2.66. The van der Waals surface area contributed by atoms with Crippen LogP contribution in [-0.4, -0.2) is 17.8 Å². The molecule has 1 atom stereocenters. The van der Waals surface area contributed by atoms with Crippen molar-refractivity contribution < 1.29 is 4.74 Å². The SMILES string of the molecule is Nc1cn(CCC2CCOC2)ccc1=O. The molecular formula is C11H16N2O2. The topological polar surface area (TPSA) is 57.2 Å². The molecule has 1 aromatic rings. The summed E-state index contributed by atoms with van der Waals surface area (Å²) in [7, 11) is 0. The van der Waals surface area contributed by atoms with E-state index in [2.05, 4.69) is 0 Å². The van der Waals surface area contributed by atoms with Crippen molar-refractivity contribution in [3.63, 3.8) is 0 Å². The van der Waals surface area contributed by atoms with Gasteiger partial charge in [0.1, 0.15) is 0 Å². The summed E-state index contributed by atoms with van der Waals surface area (Å²) in [5.41, 5.74) is 5.76. The molecule has 82 valence electrons. The van der Waals surface area contributed by atoms with Gasteiger partial charge >= 0.3 is 0 Å².